The summed E-state index contributed by atoms with van der Waals surface area (Å²) < 4.78 is 5.19. The third-order valence-electron chi connectivity index (χ3n) is 5.51. The molecular weight excluding hydrogens is 416 g/mol. The number of esters is 1. The maximum absolute atomic E-state index is 12.7. The molecule has 1 aliphatic heterocycles. The second-order valence-electron chi connectivity index (χ2n) is 7.41. The average molecular weight is 439 g/mol. The van der Waals surface area contributed by atoms with Crippen LogP contribution in [0, 0.1) is 11.8 Å². The van der Waals surface area contributed by atoms with Crippen molar-refractivity contribution < 1.29 is 23.9 Å². The number of ether oxygens (including phenoxy) is 1. The van der Waals surface area contributed by atoms with E-state index < -0.39 is 11.9 Å². The number of rotatable bonds is 6. The van der Waals surface area contributed by atoms with Crippen molar-refractivity contribution in [2.75, 3.05) is 18.5 Å². The van der Waals surface area contributed by atoms with Crippen LogP contribution in [0.3, 0.4) is 0 Å². The summed E-state index contributed by atoms with van der Waals surface area (Å²) in [7, 11) is 0. The molecule has 1 N–H and O–H groups in total. The molecule has 1 fully saturated rings. The van der Waals surface area contributed by atoms with Gasteiger partial charge in [-0.15, -0.1) is 11.3 Å². The molecule has 160 valence electrons. The van der Waals surface area contributed by atoms with Crippen molar-refractivity contribution in [2.24, 2.45) is 11.8 Å². The summed E-state index contributed by atoms with van der Waals surface area (Å²) in [4.78, 5) is 51.6. The van der Waals surface area contributed by atoms with Crippen molar-refractivity contribution in [3.05, 3.63) is 53.4 Å². The predicted octanol–water partition coefficient (Wildman–Crippen LogP) is 3.48. The van der Waals surface area contributed by atoms with E-state index in [1.165, 1.54) is 11.3 Å². The molecule has 0 radical (unpaired) electrons. The molecule has 3 amide bonds. The Bertz CT molecular complexity index is 1030. The number of hydrogen-bond acceptors (Lipinski definition) is 6. The molecule has 1 aromatic carbocycles. The van der Waals surface area contributed by atoms with Crippen LogP contribution in [-0.2, 0) is 19.1 Å². The van der Waals surface area contributed by atoms with Gasteiger partial charge in [0.1, 0.15) is 17.1 Å². The minimum absolute atomic E-state index is 0.198. The Hall–Kier alpha value is -3.26. The number of fused-ring (bicyclic) bond motifs is 1. The van der Waals surface area contributed by atoms with Gasteiger partial charge in [0.25, 0.3) is 0 Å². The lowest BCUT2D eigenvalue weighted by molar-refractivity contribution is -0.142. The fourth-order valence-corrected chi connectivity index (χ4v) is 4.99. The number of nitrogens with zero attached hydrogens (tertiary/aromatic N) is 1. The topological polar surface area (TPSA) is 92.8 Å². The first-order valence-corrected chi connectivity index (χ1v) is 11.0. The van der Waals surface area contributed by atoms with E-state index in [1.807, 2.05) is 42.5 Å². The normalized spacial score (nSPS) is 20.0. The average Bonchev–Trinajstić information content (AvgIpc) is 3.30. The summed E-state index contributed by atoms with van der Waals surface area (Å²) >= 11 is 1.20. The minimum Gasteiger partial charge on any atom is -0.462 e. The van der Waals surface area contributed by atoms with Gasteiger partial charge in [-0.25, -0.2) is 4.79 Å². The molecule has 1 aliphatic carbocycles. The zero-order valence-corrected chi connectivity index (χ0v) is 17.8. The van der Waals surface area contributed by atoms with Gasteiger partial charge in [-0.3, -0.25) is 19.3 Å². The molecule has 4 rings (SSSR count). The molecule has 0 saturated carbocycles. The SMILES string of the molecule is CCOC(=O)c1c(-c2ccccc2)csc1NC(=O)CN1C(=O)[C@H]2CC=CC[C@@H]2C1=O. The van der Waals surface area contributed by atoms with Gasteiger partial charge in [-0.1, -0.05) is 42.5 Å². The maximum Gasteiger partial charge on any atom is 0.341 e. The molecule has 7 nitrogen and oxygen atoms in total. The van der Waals surface area contributed by atoms with Gasteiger partial charge in [-0.2, -0.15) is 0 Å². The highest BCUT2D eigenvalue weighted by atomic mass is 32.1. The van der Waals surface area contributed by atoms with Crippen LogP contribution >= 0.6 is 11.3 Å². The molecule has 1 aromatic heterocycles. The van der Waals surface area contributed by atoms with Crippen molar-refractivity contribution in [2.45, 2.75) is 19.8 Å². The third-order valence-corrected chi connectivity index (χ3v) is 6.40. The zero-order chi connectivity index (χ0) is 22.0. The van der Waals surface area contributed by atoms with E-state index in [4.69, 9.17) is 4.74 Å². The first-order chi connectivity index (χ1) is 15.0. The second-order valence-corrected chi connectivity index (χ2v) is 8.29. The van der Waals surface area contributed by atoms with Gasteiger partial charge < -0.3 is 10.1 Å². The molecule has 8 heteroatoms. The number of thiophene rings is 1. The van der Waals surface area contributed by atoms with Crippen molar-refractivity contribution >= 4 is 40.0 Å². The molecule has 2 atom stereocenters. The predicted molar refractivity (Wildman–Crippen MR) is 116 cm³/mol. The Morgan fingerprint density at radius 2 is 1.74 bits per heavy atom. The van der Waals surface area contributed by atoms with Gasteiger partial charge in [0.2, 0.25) is 17.7 Å². The summed E-state index contributed by atoms with van der Waals surface area (Å²) in [6.45, 7) is 1.54. The molecule has 0 bridgehead atoms. The highest BCUT2D eigenvalue weighted by Gasteiger charge is 2.47. The van der Waals surface area contributed by atoms with Crippen molar-refractivity contribution in [1.82, 2.24) is 4.90 Å². The molecule has 31 heavy (non-hydrogen) atoms. The lowest BCUT2D eigenvalue weighted by Crippen LogP contribution is -2.38. The molecule has 1 saturated heterocycles. The fraction of sp³-hybridized carbons (Fsp3) is 0.304. The van der Waals surface area contributed by atoms with Crippen LogP contribution in [0.5, 0.6) is 0 Å². The highest BCUT2D eigenvalue weighted by Crippen LogP contribution is 2.37. The summed E-state index contributed by atoms with van der Waals surface area (Å²) in [5, 5.41) is 4.82. The van der Waals surface area contributed by atoms with Gasteiger partial charge in [0.15, 0.2) is 0 Å². The van der Waals surface area contributed by atoms with Crippen LogP contribution in [0.4, 0.5) is 5.00 Å². The Kier molecular flexibility index (Phi) is 5.99. The number of benzene rings is 1. The Labute approximate surface area is 183 Å². The number of carbonyl (C=O) groups excluding carboxylic acids is 4. The van der Waals surface area contributed by atoms with Crippen LogP contribution in [-0.4, -0.2) is 41.7 Å². The quantitative estimate of drug-likeness (QED) is 0.423. The maximum atomic E-state index is 12.7. The highest BCUT2D eigenvalue weighted by molar-refractivity contribution is 7.15. The number of imide groups is 1. The number of carbonyl (C=O) groups is 4. The van der Waals surface area contributed by atoms with Gasteiger partial charge in [-0.05, 0) is 25.3 Å². The Balaban J connectivity index is 1.54. The fourth-order valence-electron chi connectivity index (χ4n) is 4.02. The molecular formula is C23H22N2O5S. The Morgan fingerprint density at radius 3 is 2.35 bits per heavy atom. The first kappa shape index (κ1) is 21.0. The number of allylic oxidation sites excluding steroid dienone is 2. The van der Waals surface area contributed by atoms with E-state index in [-0.39, 0.29) is 42.4 Å². The lowest BCUT2D eigenvalue weighted by Gasteiger charge is -2.14. The number of anilines is 1. The second kappa shape index (κ2) is 8.85. The first-order valence-electron chi connectivity index (χ1n) is 10.1. The summed E-state index contributed by atoms with van der Waals surface area (Å²) in [6.07, 6.45) is 4.84. The standard InChI is InChI=1S/C23H22N2O5S/c1-2-30-23(29)19-17(14-8-4-3-5-9-14)13-31-20(19)24-18(26)12-25-21(27)15-10-6-7-11-16(15)22(25)28/h3-9,13,15-16H,2,10-12H2,1H3,(H,24,26)/t15-,16-/m0/s1. The number of nitrogens with one attached hydrogen (secondary N) is 1. The van der Waals surface area contributed by atoms with E-state index in [1.54, 1.807) is 12.3 Å². The van der Waals surface area contributed by atoms with E-state index in [9.17, 15) is 19.2 Å². The summed E-state index contributed by atoms with van der Waals surface area (Å²) in [6, 6.07) is 9.33. The van der Waals surface area contributed by atoms with E-state index in [0.717, 1.165) is 10.5 Å². The van der Waals surface area contributed by atoms with E-state index in [2.05, 4.69) is 5.32 Å². The van der Waals surface area contributed by atoms with Crippen LogP contribution in [0.25, 0.3) is 11.1 Å². The van der Waals surface area contributed by atoms with Gasteiger partial charge in [0, 0.05) is 10.9 Å². The van der Waals surface area contributed by atoms with Gasteiger partial charge >= 0.3 is 5.97 Å². The van der Waals surface area contributed by atoms with Crippen LogP contribution in [0.15, 0.2) is 47.9 Å². The minimum atomic E-state index is -0.539. The molecule has 0 spiro atoms. The molecule has 2 aromatic rings. The molecule has 0 unspecified atom stereocenters. The monoisotopic (exact) mass is 438 g/mol. The zero-order valence-electron chi connectivity index (χ0n) is 17.0. The molecule has 2 heterocycles. The number of likely N-dealkylation sites (tertiary alicyclic amines) is 1. The molecule has 2 aliphatic rings. The van der Waals surface area contributed by atoms with Crippen molar-refractivity contribution in [3.8, 4) is 11.1 Å². The summed E-state index contributed by atoms with van der Waals surface area (Å²) in [5.41, 5.74) is 1.75. The van der Waals surface area contributed by atoms with Crippen molar-refractivity contribution in [1.29, 1.82) is 0 Å². The Morgan fingerprint density at radius 1 is 1.10 bits per heavy atom. The number of hydrogen-bond donors (Lipinski definition) is 1. The van der Waals surface area contributed by atoms with Gasteiger partial charge in [0.05, 0.1) is 18.4 Å². The largest absolute Gasteiger partial charge is 0.462 e. The van der Waals surface area contributed by atoms with Crippen molar-refractivity contribution in [3.63, 3.8) is 0 Å². The van der Waals surface area contributed by atoms with Crippen LogP contribution < -0.4 is 5.32 Å². The summed E-state index contributed by atoms with van der Waals surface area (Å²) in [5.74, 6) is -2.45. The van der Waals surface area contributed by atoms with Crippen LogP contribution in [0.1, 0.15) is 30.1 Å². The smallest absolute Gasteiger partial charge is 0.341 e. The van der Waals surface area contributed by atoms with E-state index in [0.29, 0.717) is 23.4 Å². The third kappa shape index (κ3) is 4.03. The lowest BCUT2D eigenvalue weighted by atomic mass is 9.85. The van der Waals surface area contributed by atoms with Crippen LogP contribution in [0.2, 0.25) is 0 Å². The van der Waals surface area contributed by atoms with E-state index >= 15 is 0 Å². The number of amides is 3.